The Morgan fingerprint density at radius 3 is 2.07 bits per heavy atom. The molecule has 1 aromatic carbocycles. The average molecular weight is 417 g/mol. The second kappa shape index (κ2) is 14.8. The summed E-state index contributed by atoms with van der Waals surface area (Å²) in [4.78, 5) is 23.4. The van der Waals surface area contributed by atoms with Gasteiger partial charge in [-0.1, -0.05) is 81.1 Å². The molecular weight excluding hydrogens is 387 g/mol. The molecule has 0 amide bonds. The van der Waals surface area contributed by atoms with Crippen LogP contribution < -0.4 is 0 Å². The highest BCUT2D eigenvalue weighted by Gasteiger charge is 2.10. The fraction of sp³-hybridized carbons (Fsp3) is 0.619. The van der Waals surface area contributed by atoms with Crippen molar-refractivity contribution in [1.29, 1.82) is 0 Å². The first kappa shape index (κ1) is 23.8. The maximum Gasteiger partial charge on any atom is 0.306 e. The van der Waals surface area contributed by atoms with Crippen molar-refractivity contribution in [2.24, 2.45) is 0 Å². The zero-order chi connectivity index (χ0) is 19.9. The van der Waals surface area contributed by atoms with E-state index in [-0.39, 0.29) is 25.4 Å². The van der Waals surface area contributed by atoms with Crippen molar-refractivity contribution in [3.63, 3.8) is 0 Å². The van der Waals surface area contributed by atoms with Crippen molar-refractivity contribution < 1.29 is 19.1 Å². The minimum absolute atomic E-state index is 0.00146. The monoisotopic (exact) mass is 416 g/mol. The van der Waals surface area contributed by atoms with Crippen LogP contribution in [-0.4, -0.2) is 18.5 Å². The number of hydrogen-bond donors (Lipinski definition) is 0. The SMILES string of the molecule is CCCCCCCCCCOC(=O)CCC(=O)OCc1ccc(Cl)cc1Cl. The average Bonchev–Trinajstić information content (AvgIpc) is 2.64. The number of ether oxygens (including phenoxy) is 2. The molecule has 0 saturated heterocycles. The first-order valence-electron chi connectivity index (χ1n) is 9.78. The number of benzene rings is 1. The number of unbranched alkanes of at least 4 members (excludes halogenated alkanes) is 7. The van der Waals surface area contributed by atoms with Crippen molar-refractivity contribution in [1.82, 2.24) is 0 Å². The summed E-state index contributed by atoms with van der Waals surface area (Å²) in [6.45, 7) is 2.69. The summed E-state index contributed by atoms with van der Waals surface area (Å²) in [5.74, 6) is -0.815. The lowest BCUT2D eigenvalue weighted by atomic mass is 10.1. The molecule has 27 heavy (non-hydrogen) atoms. The van der Waals surface area contributed by atoms with E-state index in [0.29, 0.717) is 22.2 Å². The summed E-state index contributed by atoms with van der Waals surface area (Å²) < 4.78 is 10.3. The molecule has 4 nitrogen and oxygen atoms in total. The molecule has 6 heteroatoms. The Hall–Kier alpha value is -1.26. The lowest BCUT2D eigenvalue weighted by Gasteiger charge is -2.07. The van der Waals surface area contributed by atoms with Gasteiger partial charge in [0.2, 0.25) is 0 Å². The Morgan fingerprint density at radius 1 is 0.852 bits per heavy atom. The van der Waals surface area contributed by atoms with Gasteiger partial charge in [0.25, 0.3) is 0 Å². The fourth-order valence-electron chi connectivity index (χ4n) is 2.57. The van der Waals surface area contributed by atoms with Crippen LogP contribution in [0.4, 0.5) is 0 Å². The van der Waals surface area contributed by atoms with Gasteiger partial charge in [0.05, 0.1) is 19.4 Å². The molecule has 0 N–H and O–H groups in total. The lowest BCUT2D eigenvalue weighted by Crippen LogP contribution is -2.11. The second-order valence-electron chi connectivity index (χ2n) is 6.59. The Balaban J connectivity index is 2.03. The van der Waals surface area contributed by atoms with Crippen LogP contribution >= 0.6 is 23.2 Å². The van der Waals surface area contributed by atoms with Crippen LogP contribution in [0.3, 0.4) is 0 Å². The van der Waals surface area contributed by atoms with E-state index in [9.17, 15) is 9.59 Å². The summed E-state index contributed by atoms with van der Waals surface area (Å²) in [6, 6.07) is 4.98. The normalized spacial score (nSPS) is 10.6. The largest absolute Gasteiger partial charge is 0.466 e. The van der Waals surface area contributed by atoms with Crippen LogP contribution in [0.1, 0.15) is 76.7 Å². The second-order valence-corrected chi connectivity index (χ2v) is 7.44. The van der Waals surface area contributed by atoms with E-state index >= 15 is 0 Å². The maximum absolute atomic E-state index is 11.7. The summed E-state index contributed by atoms with van der Waals surface area (Å²) in [5.41, 5.74) is 0.673. The minimum atomic E-state index is -0.454. The van der Waals surface area contributed by atoms with Gasteiger partial charge >= 0.3 is 11.9 Å². The molecule has 0 saturated carbocycles. The summed E-state index contributed by atoms with van der Waals surface area (Å²) >= 11 is 11.8. The van der Waals surface area contributed by atoms with E-state index in [4.69, 9.17) is 32.7 Å². The van der Waals surface area contributed by atoms with E-state index in [0.717, 1.165) is 12.8 Å². The molecule has 0 unspecified atom stereocenters. The number of esters is 2. The Morgan fingerprint density at radius 2 is 1.44 bits per heavy atom. The molecule has 152 valence electrons. The molecule has 0 fully saturated rings. The van der Waals surface area contributed by atoms with Crippen LogP contribution in [0.5, 0.6) is 0 Å². The molecule has 0 aliphatic rings. The molecule has 0 aromatic heterocycles. The smallest absolute Gasteiger partial charge is 0.306 e. The minimum Gasteiger partial charge on any atom is -0.466 e. The molecule has 0 atom stereocenters. The van der Waals surface area contributed by atoms with E-state index < -0.39 is 5.97 Å². The van der Waals surface area contributed by atoms with Crippen molar-refractivity contribution in [2.45, 2.75) is 77.7 Å². The van der Waals surface area contributed by atoms with Gasteiger partial charge in [-0.3, -0.25) is 9.59 Å². The van der Waals surface area contributed by atoms with E-state index in [1.54, 1.807) is 18.2 Å². The predicted molar refractivity (Wildman–Crippen MR) is 109 cm³/mol. The van der Waals surface area contributed by atoms with E-state index in [2.05, 4.69) is 6.92 Å². The Labute approximate surface area is 172 Å². The number of hydrogen-bond acceptors (Lipinski definition) is 4. The first-order valence-corrected chi connectivity index (χ1v) is 10.5. The van der Waals surface area contributed by atoms with Gasteiger partial charge < -0.3 is 9.47 Å². The van der Waals surface area contributed by atoms with Gasteiger partial charge in [-0.05, 0) is 18.6 Å². The number of carbonyl (C=O) groups is 2. The Kier molecular flexibility index (Phi) is 13.0. The molecule has 1 aromatic rings. The quantitative estimate of drug-likeness (QED) is 0.256. The Bertz CT molecular complexity index is 575. The van der Waals surface area contributed by atoms with Gasteiger partial charge in [-0.2, -0.15) is 0 Å². The molecule has 0 bridgehead atoms. The maximum atomic E-state index is 11.7. The number of carbonyl (C=O) groups excluding carboxylic acids is 2. The molecule has 0 aliphatic carbocycles. The zero-order valence-corrected chi connectivity index (χ0v) is 17.6. The highest BCUT2D eigenvalue weighted by Crippen LogP contribution is 2.21. The number of rotatable bonds is 14. The lowest BCUT2D eigenvalue weighted by molar-refractivity contribution is -0.151. The standard InChI is InChI=1S/C21H30Cl2O4/c1-2-3-4-5-6-7-8-9-14-26-20(24)12-13-21(25)27-16-17-10-11-18(22)15-19(17)23/h10-11,15H,2-9,12-14,16H2,1H3. The van der Waals surface area contributed by atoms with Crippen molar-refractivity contribution in [3.05, 3.63) is 33.8 Å². The van der Waals surface area contributed by atoms with Crippen LogP contribution in [0.25, 0.3) is 0 Å². The van der Waals surface area contributed by atoms with Gasteiger partial charge in [0.1, 0.15) is 6.61 Å². The van der Waals surface area contributed by atoms with Crippen LogP contribution in [0, 0.1) is 0 Å². The molecular formula is C21H30Cl2O4. The molecule has 1 rings (SSSR count). The fourth-order valence-corrected chi connectivity index (χ4v) is 3.03. The summed E-state index contributed by atoms with van der Waals surface area (Å²) in [7, 11) is 0. The first-order chi connectivity index (χ1) is 13.0. The summed E-state index contributed by atoms with van der Waals surface area (Å²) in [5, 5.41) is 0.967. The van der Waals surface area contributed by atoms with E-state index in [1.165, 1.54) is 38.5 Å². The zero-order valence-electron chi connectivity index (χ0n) is 16.1. The third-order valence-electron chi connectivity index (χ3n) is 4.20. The van der Waals surface area contributed by atoms with Crippen LogP contribution in [-0.2, 0) is 25.7 Å². The van der Waals surface area contributed by atoms with Gasteiger partial charge in [-0.25, -0.2) is 0 Å². The molecule has 0 radical (unpaired) electrons. The molecule has 0 spiro atoms. The predicted octanol–water partition coefficient (Wildman–Crippen LogP) is 6.50. The van der Waals surface area contributed by atoms with Gasteiger partial charge in [0, 0.05) is 15.6 Å². The van der Waals surface area contributed by atoms with Crippen LogP contribution in [0.15, 0.2) is 18.2 Å². The summed E-state index contributed by atoms with van der Waals surface area (Å²) in [6.07, 6.45) is 9.58. The highest BCUT2D eigenvalue weighted by molar-refractivity contribution is 6.35. The van der Waals surface area contributed by atoms with E-state index in [1.807, 2.05) is 0 Å². The van der Waals surface area contributed by atoms with Crippen molar-refractivity contribution in [3.8, 4) is 0 Å². The van der Waals surface area contributed by atoms with Gasteiger partial charge in [-0.15, -0.1) is 0 Å². The third-order valence-corrected chi connectivity index (χ3v) is 4.78. The molecule has 0 heterocycles. The third kappa shape index (κ3) is 11.9. The van der Waals surface area contributed by atoms with Gasteiger partial charge in [0.15, 0.2) is 0 Å². The van der Waals surface area contributed by atoms with Crippen molar-refractivity contribution in [2.75, 3.05) is 6.61 Å². The highest BCUT2D eigenvalue weighted by atomic mass is 35.5. The number of halogens is 2. The topological polar surface area (TPSA) is 52.6 Å². The molecule has 0 aliphatic heterocycles. The van der Waals surface area contributed by atoms with Crippen LogP contribution in [0.2, 0.25) is 10.0 Å². The van der Waals surface area contributed by atoms with Crippen molar-refractivity contribution >= 4 is 35.1 Å².